The molecule has 2 aromatic heterocycles. The highest BCUT2D eigenvalue weighted by Gasteiger charge is 2.14. The summed E-state index contributed by atoms with van der Waals surface area (Å²) in [5.74, 6) is 0.250. The van der Waals surface area contributed by atoms with Crippen LogP contribution < -0.4 is 16.2 Å². The summed E-state index contributed by atoms with van der Waals surface area (Å²) >= 11 is 0. The zero-order valence-corrected chi connectivity index (χ0v) is 50.8. The minimum atomic E-state index is 0. The van der Waals surface area contributed by atoms with Gasteiger partial charge in [-0.15, -0.1) is 0 Å². The second kappa shape index (κ2) is 41.7. The fourth-order valence-corrected chi connectivity index (χ4v) is 8.74. The van der Waals surface area contributed by atoms with E-state index >= 15 is 0 Å². The second-order valence-corrected chi connectivity index (χ2v) is 21.1. The molecule has 0 bridgehead atoms. The molecule has 82 heavy (non-hydrogen) atoms. The summed E-state index contributed by atoms with van der Waals surface area (Å²) in [5.41, 5.74) is 23.9. The number of hydrogen-bond acceptors (Lipinski definition) is 5. The first kappa shape index (κ1) is 74.8. The highest BCUT2D eigenvalue weighted by molar-refractivity contribution is 5.90. The summed E-state index contributed by atoms with van der Waals surface area (Å²) < 4.78 is 1.95. The van der Waals surface area contributed by atoms with Crippen LogP contribution in [0, 0.1) is 0 Å². The Kier molecular flexibility index (Phi) is 38.0. The molecule has 4 heterocycles. The first-order valence-electron chi connectivity index (χ1n) is 28.9. The number of aromatic nitrogens is 2. The molecule has 0 unspecified atom stereocenters. The molecule has 0 saturated carbocycles. The summed E-state index contributed by atoms with van der Waals surface area (Å²) in [5, 5.41) is 3.39. The molecule has 7 heteroatoms. The Labute approximate surface area is 499 Å². The maximum atomic E-state index is 10.6. The van der Waals surface area contributed by atoms with Crippen molar-refractivity contribution < 1.29 is 4.79 Å². The van der Waals surface area contributed by atoms with E-state index in [2.05, 4.69) is 202 Å². The lowest BCUT2D eigenvalue weighted by Crippen LogP contribution is -2.23. The molecule has 0 spiro atoms. The van der Waals surface area contributed by atoms with Crippen molar-refractivity contribution in [2.24, 2.45) is 0 Å². The van der Waals surface area contributed by atoms with E-state index in [4.69, 9.17) is 0 Å². The zero-order chi connectivity index (χ0) is 58.1. The third kappa shape index (κ3) is 27.5. The molecule has 7 nitrogen and oxygen atoms in total. The predicted octanol–water partition coefficient (Wildman–Crippen LogP) is 19.1. The number of nitrogens with zero attached hydrogens (tertiary/aromatic N) is 2. The largest absolute Gasteiger partial charge is 0.377 e. The topological polar surface area (TPSA) is 87.2 Å². The number of ketones is 1. The smallest absolute Gasteiger partial charge is 0.181 e. The highest BCUT2D eigenvalue weighted by Crippen LogP contribution is 2.28. The summed E-state index contributed by atoms with van der Waals surface area (Å²) in [6, 6.07) is 40.8. The van der Waals surface area contributed by atoms with Gasteiger partial charge in [-0.2, -0.15) is 0 Å². The van der Waals surface area contributed by atoms with Crippen LogP contribution in [-0.4, -0.2) is 33.3 Å². The van der Waals surface area contributed by atoms with Gasteiger partial charge >= 0.3 is 0 Å². The molecule has 4 aromatic carbocycles. The van der Waals surface area contributed by atoms with Crippen LogP contribution in [0.2, 0.25) is 0 Å². The number of benzene rings is 4. The van der Waals surface area contributed by atoms with E-state index in [1.807, 2.05) is 17.7 Å². The first-order chi connectivity index (χ1) is 38.0. The van der Waals surface area contributed by atoms with Gasteiger partial charge in [0, 0.05) is 92.7 Å². The van der Waals surface area contributed by atoms with Crippen LogP contribution in [0.25, 0.3) is 0 Å². The predicted molar refractivity (Wildman–Crippen MR) is 360 cm³/mol. The average Bonchev–Trinajstić information content (AvgIpc) is 3.53. The number of allylic oxidation sites excluding steroid dienone is 9. The Balaban J connectivity index is 0.000000918. The van der Waals surface area contributed by atoms with Gasteiger partial charge in [0.05, 0.1) is 0 Å². The number of anilines is 1. The van der Waals surface area contributed by atoms with Crippen molar-refractivity contribution >= 4 is 11.5 Å². The van der Waals surface area contributed by atoms with E-state index in [1.54, 1.807) is 76.4 Å². The number of fused-ring (bicyclic) bond motifs is 4. The fraction of sp³-hybridized carbons (Fsp3) is 0.400. The van der Waals surface area contributed by atoms with Crippen molar-refractivity contribution in [1.82, 2.24) is 14.5 Å². The first-order valence-corrected chi connectivity index (χ1v) is 28.9. The van der Waals surface area contributed by atoms with E-state index in [9.17, 15) is 14.4 Å². The normalized spacial score (nSPS) is 13.6. The van der Waals surface area contributed by atoms with Gasteiger partial charge < -0.3 is 19.8 Å². The molecule has 5 aliphatic rings. The van der Waals surface area contributed by atoms with E-state index in [1.165, 1.54) is 80.9 Å². The van der Waals surface area contributed by atoms with Gasteiger partial charge in [0.25, 0.3) is 0 Å². The van der Waals surface area contributed by atoms with Crippen molar-refractivity contribution in [1.29, 1.82) is 0 Å². The molecular formula is C75H108N4O3. The van der Waals surface area contributed by atoms with Gasteiger partial charge in [0.15, 0.2) is 16.6 Å². The van der Waals surface area contributed by atoms with E-state index in [0.29, 0.717) is 6.42 Å². The Morgan fingerprint density at radius 3 is 1.01 bits per heavy atom. The summed E-state index contributed by atoms with van der Waals surface area (Å²) in [7, 11) is 0. The summed E-state index contributed by atoms with van der Waals surface area (Å²) in [4.78, 5) is 36.2. The van der Waals surface area contributed by atoms with Crippen molar-refractivity contribution in [3.05, 3.63) is 262 Å². The number of aromatic amines is 1. The van der Waals surface area contributed by atoms with E-state index < -0.39 is 0 Å². The lowest BCUT2D eigenvalue weighted by Gasteiger charge is -2.20. The van der Waals surface area contributed by atoms with E-state index in [-0.39, 0.29) is 38.9 Å². The maximum absolute atomic E-state index is 10.6. The van der Waals surface area contributed by atoms with Gasteiger partial charge in [0.1, 0.15) is 0 Å². The number of rotatable bonds is 2. The van der Waals surface area contributed by atoms with Crippen molar-refractivity contribution in [3.63, 3.8) is 0 Å². The van der Waals surface area contributed by atoms with Crippen LogP contribution in [0.4, 0.5) is 5.69 Å². The molecule has 6 aromatic rings. The lowest BCUT2D eigenvalue weighted by molar-refractivity contribution is -0.115. The quantitative estimate of drug-likeness (QED) is 0.169. The highest BCUT2D eigenvalue weighted by atomic mass is 16.1. The van der Waals surface area contributed by atoms with Gasteiger partial charge in [0.2, 0.25) is 0 Å². The van der Waals surface area contributed by atoms with Crippen LogP contribution >= 0.6 is 0 Å². The summed E-state index contributed by atoms with van der Waals surface area (Å²) in [6.45, 7) is 33.2. The number of H-pyrrole nitrogens is 1. The Hall–Kier alpha value is -7.25. The van der Waals surface area contributed by atoms with Crippen molar-refractivity contribution in [2.45, 2.75) is 190 Å². The Morgan fingerprint density at radius 1 is 0.402 bits per heavy atom. The van der Waals surface area contributed by atoms with Crippen LogP contribution in [0.5, 0.6) is 0 Å². The molecule has 0 amide bonds. The van der Waals surface area contributed by atoms with Gasteiger partial charge in [-0.3, -0.25) is 14.4 Å². The molecule has 2 aliphatic heterocycles. The van der Waals surface area contributed by atoms with Crippen LogP contribution in [0.15, 0.2) is 213 Å². The van der Waals surface area contributed by atoms with Crippen molar-refractivity contribution in [3.8, 4) is 0 Å². The minimum absolute atomic E-state index is 0. The third-order valence-corrected chi connectivity index (χ3v) is 14.1. The molecule has 0 fully saturated rings. The SMILES string of the molecule is C.C.C.CC1=C(C)Cc2ccccc2C1.CC1=C(C)Cc2ccccc2C1.CC1=C(C)Cc2ccccc2C1.CC1=C(C)Nc2ccccc2C1.CCC.CCC.CCN1C=CC(=O)CC1.CCn1ccc(=O)cc1.O=c1cc[nH]cc1. The third-order valence-electron chi connectivity index (χ3n) is 14.1. The molecule has 0 radical (unpaired) electrons. The number of hydrogen-bond donors (Lipinski definition) is 2. The van der Waals surface area contributed by atoms with Gasteiger partial charge in [-0.1, -0.05) is 187 Å². The monoisotopic (exact) mass is 1110 g/mol. The zero-order valence-electron chi connectivity index (χ0n) is 50.8. The van der Waals surface area contributed by atoms with Gasteiger partial charge in [-0.05, 0) is 171 Å². The fourth-order valence-electron chi connectivity index (χ4n) is 8.74. The average molecular weight is 1110 g/mol. The lowest BCUT2D eigenvalue weighted by atomic mass is 9.88. The van der Waals surface area contributed by atoms with Crippen molar-refractivity contribution in [2.75, 3.05) is 18.4 Å². The second-order valence-electron chi connectivity index (χ2n) is 21.1. The Bertz CT molecular complexity index is 2640. The molecule has 446 valence electrons. The summed E-state index contributed by atoms with van der Waals surface area (Å²) in [6.07, 6.45) is 21.5. The van der Waals surface area contributed by atoms with E-state index in [0.717, 1.165) is 64.6 Å². The number of carbonyl (C=O) groups excluding carboxylic acids is 1. The molecule has 0 saturated heterocycles. The molecular weight excluding hydrogens is 1000 g/mol. The number of pyridine rings is 2. The Morgan fingerprint density at radius 2 is 0.720 bits per heavy atom. The molecule has 0 atom stereocenters. The molecule has 2 N–H and O–H groups in total. The minimum Gasteiger partial charge on any atom is -0.377 e. The number of aryl methyl sites for hydroxylation is 1. The molecule has 11 rings (SSSR count). The number of para-hydroxylation sites is 1. The maximum Gasteiger partial charge on any atom is 0.181 e. The van der Waals surface area contributed by atoms with Gasteiger partial charge in [-0.25, -0.2) is 0 Å². The number of nitrogens with one attached hydrogen (secondary N) is 2. The van der Waals surface area contributed by atoms with Crippen LogP contribution in [-0.2, 0) is 56.3 Å². The van der Waals surface area contributed by atoms with Crippen LogP contribution in [0.1, 0.15) is 177 Å². The molecule has 3 aliphatic carbocycles. The van der Waals surface area contributed by atoms with Crippen LogP contribution in [0.3, 0.4) is 0 Å². The standard InChI is InChI=1S/3C12H14.C11H13N.C7H11NO.C7H9NO.C5H5NO.2C3H8.3CH4/c3*1-9-7-11-5-3-4-6-12(11)8-10(9)2;1-8-7-10-5-3-4-6-11(10)12-9(8)2;2*1-2-8-5-3-7(9)4-6-8;7-5-1-3-6-4-2-5;2*1-3-2;;;/h3*3-6H,7-8H2,1-2H3;3-6,12H,7H2,1-2H3;3,5H,2,4,6H2,1H3;3-6H,2H2,1H3;1-4H,(H,6,7);2*3H2,1-2H3;3*1H4. The number of carbonyl (C=O) groups is 1.